The molecule has 1 atom stereocenters. The molecule has 0 saturated carbocycles. The molecule has 0 spiro atoms. The lowest BCUT2D eigenvalue weighted by molar-refractivity contribution is -0.137. The Balaban J connectivity index is 1.93. The molecule has 2 heterocycles. The van der Waals surface area contributed by atoms with E-state index in [1.54, 1.807) is 23.9 Å². The summed E-state index contributed by atoms with van der Waals surface area (Å²) in [5.74, 6) is 0. The van der Waals surface area contributed by atoms with Gasteiger partial charge in [-0.1, -0.05) is 22.0 Å². The smallest absolute Gasteiger partial charge is 0.376 e. The van der Waals surface area contributed by atoms with E-state index in [-0.39, 0.29) is 11.7 Å². The van der Waals surface area contributed by atoms with E-state index in [0.717, 1.165) is 6.07 Å². The van der Waals surface area contributed by atoms with Crippen LogP contribution < -0.4 is 0 Å². The number of nitrogens with zero attached hydrogens (tertiary/aromatic N) is 2. The molecule has 4 nitrogen and oxygen atoms in total. The van der Waals surface area contributed by atoms with Crippen molar-refractivity contribution in [3.05, 3.63) is 40.0 Å². The highest BCUT2D eigenvalue weighted by molar-refractivity contribution is 9.10. The fourth-order valence-corrected chi connectivity index (χ4v) is 3.05. The highest BCUT2D eigenvalue weighted by Crippen LogP contribution is 2.39. The van der Waals surface area contributed by atoms with Gasteiger partial charge in [0.25, 0.3) is 0 Å². The van der Waals surface area contributed by atoms with Crippen LogP contribution in [0.25, 0.3) is 11.3 Å². The summed E-state index contributed by atoms with van der Waals surface area (Å²) >= 11 is 3.09. The van der Waals surface area contributed by atoms with Crippen LogP contribution in [0.5, 0.6) is 0 Å². The van der Waals surface area contributed by atoms with Crippen molar-refractivity contribution < 1.29 is 22.6 Å². The molecule has 1 aliphatic rings. The van der Waals surface area contributed by atoms with Gasteiger partial charge in [0.2, 0.25) is 0 Å². The molecule has 1 saturated heterocycles. The largest absolute Gasteiger partial charge is 0.417 e. The Hall–Kier alpha value is -1.38. The normalized spacial score (nSPS) is 18.8. The SMILES string of the molecule is Cc1cn(C[C@H]2COCCO2)nc1-c1ccc(Br)cc1C(F)(F)F. The fraction of sp³-hybridized carbons (Fsp3) is 0.438. The first-order chi connectivity index (χ1) is 11.3. The average molecular weight is 405 g/mol. The summed E-state index contributed by atoms with van der Waals surface area (Å²) < 4.78 is 52.9. The first-order valence-corrected chi connectivity index (χ1v) is 8.24. The zero-order chi connectivity index (χ0) is 17.3. The Bertz CT molecular complexity index is 725. The van der Waals surface area contributed by atoms with Gasteiger partial charge < -0.3 is 9.47 Å². The quantitative estimate of drug-likeness (QED) is 0.773. The van der Waals surface area contributed by atoms with E-state index in [9.17, 15) is 13.2 Å². The highest BCUT2D eigenvalue weighted by atomic mass is 79.9. The van der Waals surface area contributed by atoms with Gasteiger partial charge >= 0.3 is 6.18 Å². The van der Waals surface area contributed by atoms with Gasteiger partial charge in [0.15, 0.2) is 0 Å². The number of hydrogen-bond donors (Lipinski definition) is 0. The van der Waals surface area contributed by atoms with Crippen molar-refractivity contribution in [1.29, 1.82) is 0 Å². The van der Waals surface area contributed by atoms with E-state index >= 15 is 0 Å². The second-order valence-corrected chi connectivity index (χ2v) is 6.55. The number of hydrogen-bond acceptors (Lipinski definition) is 3. The van der Waals surface area contributed by atoms with Crippen LogP contribution >= 0.6 is 15.9 Å². The average Bonchev–Trinajstić information content (AvgIpc) is 2.88. The Kier molecular flexibility index (Phi) is 4.98. The summed E-state index contributed by atoms with van der Waals surface area (Å²) in [6.07, 6.45) is -2.86. The highest BCUT2D eigenvalue weighted by Gasteiger charge is 2.35. The van der Waals surface area contributed by atoms with Crippen molar-refractivity contribution in [3.8, 4) is 11.3 Å². The minimum atomic E-state index is -4.45. The fourth-order valence-electron chi connectivity index (χ4n) is 2.69. The zero-order valence-corrected chi connectivity index (χ0v) is 14.5. The van der Waals surface area contributed by atoms with Crippen molar-refractivity contribution in [2.24, 2.45) is 0 Å². The first kappa shape index (κ1) is 17.4. The van der Waals surface area contributed by atoms with Crippen molar-refractivity contribution in [2.75, 3.05) is 19.8 Å². The molecule has 0 radical (unpaired) electrons. The monoisotopic (exact) mass is 404 g/mol. The maximum atomic E-state index is 13.3. The lowest BCUT2D eigenvalue weighted by atomic mass is 10.0. The molecule has 0 bridgehead atoms. The van der Waals surface area contributed by atoms with Crippen LogP contribution in [-0.2, 0) is 22.2 Å². The van der Waals surface area contributed by atoms with Crippen molar-refractivity contribution in [3.63, 3.8) is 0 Å². The van der Waals surface area contributed by atoms with E-state index in [4.69, 9.17) is 9.47 Å². The van der Waals surface area contributed by atoms with Crippen LogP contribution in [0, 0.1) is 6.92 Å². The van der Waals surface area contributed by atoms with Crippen LogP contribution in [-0.4, -0.2) is 35.7 Å². The molecule has 0 aliphatic carbocycles. The molecule has 3 rings (SSSR count). The summed E-state index contributed by atoms with van der Waals surface area (Å²) in [7, 11) is 0. The van der Waals surface area contributed by atoms with Crippen molar-refractivity contribution >= 4 is 15.9 Å². The topological polar surface area (TPSA) is 36.3 Å². The Morgan fingerprint density at radius 3 is 2.79 bits per heavy atom. The molecule has 24 heavy (non-hydrogen) atoms. The summed E-state index contributed by atoms with van der Waals surface area (Å²) in [6.45, 7) is 3.73. The summed E-state index contributed by atoms with van der Waals surface area (Å²) in [5, 5.41) is 4.34. The number of aryl methyl sites for hydroxylation is 1. The van der Waals surface area contributed by atoms with Gasteiger partial charge in [-0.05, 0) is 24.6 Å². The summed E-state index contributed by atoms with van der Waals surface area (Å²) in [5.41, 5.74) is 0.372. The molecule has 130 valence electrons. The van der Waals surface area contributed by atoms with Crippen LogP contribution in [0.3, 0.4) is 0 Å². The van der Waals surface area contributed by atoms with E-state index in [0.29, 0.717) is 42.1 Å². The molecule has 1 aromatic heterocycles. The second kappa shape index (κ2) is 6.85. The van der Waals surface area contributed by atoms with Crippen LogP contribution in [0.2, 0.25) is 0 Å². The number of rotatable bonds is 3. The van der Waals surface area contributed by atoms with E-state index in [2.05, 4.69) is 21.0 Å². The third-order valence-corrected chi connectivity index (χ3v) is 4.26. The van der Waals surface area contributed by atoms with Crippen molar-refractivity contribution in [2.45, 2.75) is 25.7 Å². The van der Waals surface area contributed by atoms with Crippen LogP contribution in [0.1, 0.15) is 11.1 Å². The van der Waals surface area contributed by atoms with Gasteiger partial charge in [0.05, 0.1) is 37.6 Å². The molecule has 0 amide bonds. The van der Waals surface area contributed by atoms with E-state index < -0.39 is 11.7 Å². The number of halogens is 4. The first-order valence-electron chi connectivity index (χ1n) is 7.45. The second-order valence-electron chi connectivity index (χ2n) is 5.64. The lowest BCUT2D eigenvalue weighted by Gasteiger charge is -2.22. The lowest BCUT2D eigenvalue weighted by Crippen LogP contribution is -2.32. The van der Waals surface area contributed by atoms with Gasteiger partial charge in [-0.15, -0.1) is 0 Å². The molecular formula is C16H16BrF3N2O2. The van der Waals surface area contributed by atoms with Crippen LogP contribution in [0.4, 0.5) is 13.2 Å². The molecule has 1 aromatic carbocycles. The minimum Gasteiger partial charge on any atom is -0.376 e. The predicted octanol–water partition coefficient (Wildman–Crippen LogP) is 4.06. The van der Waals surface area contributed by atoms with Gasteiger partial charge in [0, 0.05) is 16.2 Å². The number of aromatic nitrogens is 2. The third kappa shape index (κ3) is 3.81. The Labute approximate surface area is 145 Å². The zero-order valence-electron chi connectivity index (χ0n) is 12.9. The summed E-state index contributed by atoms with van der Waals surface area (Å²) in [6, 6.07) is 4.10. The number of alkyl halides is 3. The van der Waals surface area contributed by atoms with Gasteiger partial charge in [-0.2, -0.15) is 18.3 Å². The number of benzene rings is 1. The predicted molar refractivity (Wildman–Crippen MR) is 85.7 cm³/mol. The third-order valence-electron chi connectivity index (χ3n) is 3.76. The minimum absolute atomic E-state index is 0.0720. The Morgan fingerprint density at radius 1 is 1.33 bits per heavy atom. The molecule has 1 fully saturated rings. The maximum Gasteiger partial charge on any atom is 0.417 e. The van der Waals surface area contributed by atoms with Crippen LogP contribution in [0.15, 0.2) is 28.9 Å². The molecule has 1 aliphatic heterocycles. The Morgan fingerprint density at radius 2 is 2.12 bits per heavy atom. The standard InChI is InChI=1S/C16H16BrF3N2O2/c1-10-7-22(8-12-9-23-4-5-24-12)21-15(10)13-3-2-11(17)6-14(13)16(18,19)20/h2-3,6-7,12H,4-5,8-9H2,1H3/t12-/m0/s1. The van der Waals surface area contributed by atoms with Gasteiger partial charge in [0.1, 0.15) is 6.10 Å². The van der Waals surface area contributed by atoms with Gasteiger partial charge in [-0.3, -0.25) is 4.68 Å². The van der Waals surface area contributed by atoms with Gasteiger partial charge in [-0.25, -0.2) is 0 Å². The maximum absolute atomic E-state index is 13.3. The molecule has 0 N–H and O–H groups in total. The van der Waals surface area contributed by atoms with E-state index in [1.165, 1.54) is 6.07 Å². The molecule has 2 aromatic rings. The van der Waals surface area contributed by atoms with Crippen molar-refractivity contribution in [1.82, 2.24) is 9.78 Å². The molecular weight excluding hydrogens is 389 g/mol. The molecule has 8 heteroatoms. The number of ether oxygens (including phenoxy) is 2. The summed E-state index contributed by atoms with van der Waals surface area (Å²) in [4.78, 5) is 0. The molecule has 0 unspecified atom stereocenters. The van der Waals surface area contributed by atoms with E-state index in [1.807, 2.05) is 0 Å².